The van der Waals surface area contributed by atoms with Crippen molar-refractivity contribution in [2.75, 3.05) is 31.4 Å². The van der Waals surface area contributed by atoms with Crippen LogP contribution in [0.5, 0.6) is 5.75 Å². The van der Waals surface area contributed by atoms with Gasteiger partial charge in [-0.25, -0.2) is 4.99 Å². The number of nitrogens with zero attached hydrogens (tertiary/aromatic N) is 3. The van der Waals surface area contributed by atoms with E-state index in [9.17, 15) is 9.59 Å². The molecule has 1 aliphatic heterocycles. The van der Waals surface area contributed by atoms with Crippen LogP contribution in [0.4, 0.5) is 11.6 Å². The largest absolute Gasteiger partial charge is 0.497 e. The third-order valence-corrected chi connectivity index (χ3v) is 7.02. The SMILES string of the molecule is COc1cccc(C2C(C(=O)Nc3ccccc3)=C(C)N=c3s/c(=C\c4ccc(N(C)C)o4)c(=O)n32)c1. The highest BCUT2D eigenvalue weighted by atomic mass is 32.1. The summed E-state index contributed by atoms with van der Waals surface area (Å²) in [6, 6.07) is 19.6. The van der Waals surface area contributed by atoms with Crippen LogP contribution in [0, 0.1) is 0 Å². The lowest BCUT2D eigenvalue weighted by molar-refractivity contribution is -0.113. The molecule has 1 amide bonds. The molecule has 0 fully saturated rings. The summed E-state index contributed by atoms with van der Waals surface area (Å²) in [6.45, 7) is 1.79. The van der Waals surface area contributed by atoms with Gasteiger partial charge in [0.1, 0.15) is 11.5 Å². The molecule has 1 atom stereocenters. The Kier molecular flexibility index (Phi) is 6.54. The Bertz CT molecular complexity index is 1680. The molecule has 2 aromatic carbocycles. The van der Waals surface area contributed by atoms with E-state index in [4.69, 9.17) is 9.15 Å². The number of hydrogen-bond donors (Lipinski definition) is 1. The molecule has 9 heteroatoms. The summed E-state index contributed by atoms with van der Waals surface area (Å²) in [5, 5.41) is 2.95. The highest BCUT2D eigenvalue weighted by Crippen LogP contribution is 2.32. The molecule has 8 nitrogen and oxygen atoms in total. The maximum absolute atomic E-state index is 13.8. The number of nitrogens with one attached hydrogen (secondary N) is 1. The maximum Gasteiger partial charge on any atom is 0.271 e. The van der Waals surface area contributed by atoms with Gasteiger partial charge in [0.2, 0.25) is 0 Å². The number of anilines is 2. The van der Waals surface area contributed by atoms with Gasteiger partial charge in [-0.1, -0.05) is 41.7 Å². The number of carbonyl (C=O) groups is 1. The van der Waals surface area contributed by atoms with Crippen molar-refractivity contribution >= 4 is 34.9 Å². The van der Waals surface area contributed by atoms with Crippen molar-refractivity contribution in [1.82, 2.24) is 4.57 Å². The van der Waals surface area contributed by atoms with Gasteiger partial charge < -0.3 is 19.4 Å². The minimum Gasteiger partial charge on any atom is -0.497 e. The van der Waals surface area contributed by atoms with Crippen LogP contribution in [0.1, 0.15) is 24.3 Å². The Morgan fingerprint density at radius 1 is 1.14 bits per heavy atom. The normalized spacial score (nSPS) is 15.2. The van der Waals surface area contributed by atoms with Crippen LogP contribution in [0.15, 0.2) is 92.2 Å². The zero-order valence-corrected chi connectivity index (χ0v) is 21.7. The molecule has 2 aromatic heterocycles. The number of rotatable bonds is 6. The predicted molar refractivity (Wildman–Crippen MR) is 145 cm³/mol. The molecule has 3 heterocycles. The van der Waals surface area contributed by atoms with Crippen LogP contribution in [-0.4, -0.2) is 31.7 Å². The average Bonchev–Trinajstić information content (AvgIpc) is 3.48. The quantitative estimate of drug-likeness (QED) is 0.425. The molecule has 37 heavy (non-hydrogen) atoms. The maximum atomic E-state index is 13.8. The molecule has 188 valence electrons. The van der Waals surface area contributed by atoms with Crippen LogP contribution in [-0.2, 0) is 4.79 Å². The van der Waals surface area contributed by atoms with Crippen LogP contribution in [0.2, 0.25) is 0 Å². The smallest absolute Gasteiger partial charge is 0.271 e. The molecule has 0 spiro atoms. The van der Waals surface area contributed by atoms with Gasteiger partial charge in [0.25, 0.3) is 11.5 Å². The third kappa shape index (κ3) is 4.73. The first-order valence-corrected chi connectivity index (χ1v) is 12.5. The third-order valence-electron chi connectivity index (χ3n) is 6.03. The fourth-order valence-electron chi connectivity index (χ4n) is 4.25. The molecule has 0 saturated heterocycles. The number of para-hydroxylation sites is 1. The molecule has 0 saturated carbocycles. The van der Waals surface area contributed by atoms with Gasteiger partial charge in [-0.05, 0) is 42.8 Å². The van der Waals surface area contributed by atoms with Crippen molar-refractivity contribution in [2.45, 2.75) is 13.0 Å². The van der Waals surface area contributed by atoms with Crippen LogP contribution < -0.4 is 29.8 Å². The van der Waals surface area contributed by atoms with E-state index in [2.05, 4.69) is 10.3 Å². The van der Waals surface area contributed by atoms with E-state index in [1.165, 1.54) is 11.3 Å². The number of amides is 1. The number of hydrogen-bond acceptors (Lipinski definition) is 7. The van der Waals surface area contributed by atoms with Gasteiger partial charge in [0.15, 0.2) is 10.7 Å². The van der Waals surface area contributed by atoms with Gasteiger partial charge in [-0.2, -0.15) is 0 Å². The zero-order valence-electron chi connectivity index (χ0n) is 20.9. The second kappa shape index (κ2) is 9.94. The number of carbonyl (C=O) groups excluding carboxylic acids is 1. The first-order valence-electron chi connectivity index (χ1n) is 11.7. The standard InChI is InChI=1S/C28H26N4O4S/c1-17-24(26(33)30-19-10-6-5-7-11-19)25(18-9-8-12-20(15-18)35-4)32-27(34)22(37-28(32)29-17)16-21-13-14-23(36-21)31(2)3/h5-16,25H,1-4H3,(H,30,33)/b22-16-. The highest BCUT2D eigenvalue weighted by Gasteiger charge is 2.32. The second-order valence-electron chi connectivity index (χ2n) is 8.75. The van der Waals surface area contributed by atoms with Crippen molar-refractivity contribution in [3.8, 4) is 5.75 Å². The number of furan rings is 1. The fourth-order valence-corrected chi connectivity index (χ4v) is 5.27. The Hall–Kier alpha value is -4.37. The first-order chi connectivity index (χ1) is 17.9. The molecule has 4 aromatic rings. The van der Waals surface area contributed by atoms with E-state index in [1.807, 2.05) is 85.7 Å². The lowest BCUT2D eigenvalue weighted by atomic mass is 9.95. The number of benzene rings is 2. The zero-order chi connectivity index (χ0) is 26.1. The summed E-state index contributed by atoms with van der Waals surface area (Å²) < 4.78 is 13.3. The molecule has 0 radical (unpaired) electrons. The molecular weight excluding hydrogens is 488 g/mol. The minimum atomic E-state index is -0.689. The summed E-state index contributed by atoms with van der Waals surface area (Å²) >= 11 is 1.26. The second-order valence-corrected chi connectivity index (χ2v) is 9.76. The Balaban J connectivity index is 1.67. The van der Waals surface area contributed by atoms with E-state index < -0.39 is 6.04 Å². The molecule has 1 unspecified atom stereocenters. The van der Waals surface area contributed by atoms with E-state index in [1.54, 1.807) is 24.7 Å². The Morgan fingerprint density at radius 2 is 1.92 bits per heavy atom. The van der Waals surface area contributed by atoms with Gasteiger partial charge in [0.05, 0.1) is 29.0 Å². The fraction of sp³-hybridized carbons (Fsp3) is 0.179. The van der Waals surface area contributed by atoms with Gasteiger partial charge >= 0.3 is 0 Å². The van der Waals surface area contributed by atoms with E-state index in [0.717, 1.165) is 5.56 Å². The van der Waals surface area contributed by atoms with Crippen molar-refractivity contribution in [3.63, 3.8) is 0 Å². The van der Waals surface area contributed by atoms with E-state index in [-0.39, 0.29) is 11.5 Å². The van der Waals surface area contributed by atoms with E-state index in [0.29, 0.717) is 43.7 Å². The first kappa shape index (κ1) is 24.3. The topological polar surface area (TPSA) is 89.1 Å². The lowest BCUT2D eigenvalue weighted by Gasteiger charge is -2.25. The number of aromatic nitrogens is 1. The number of allylic oxidation sites excluding steroid dienone is 1. The average molecular weight is 515 g/mol. The van der Waals surface area contributed by atoms with Gasteiger partial charge in [-0.3, -0.25) is 14.2 Å². The highest BCUT2D eigenvalue weighted by molar-refractivity contribution is 7.07. The summed E-state index contributed by atoms with van der Waals surface area (Å²) in [5.74, 6) is 1.55. The summed E-state index contributed by atoms with van der Waals surface area (Å²) in [7, 11) is 5.35. The molecular formula is C28H26N4O4S. The summed E-state index contributed by atoms with van der Waals surface area (Å²) in [6.07, 6.45) is 1.71. The summed E-state index contributed by atoms with van der Waals surface area (Å²) in [5.41, 5.74) is 2.08. The Labute approximate surface area is 217 Å². The van der Waals surface area contributed by atoms with Crippen molar-refractivity contribution in [3.05, 3.63) is 109 Å². The van der Waals surface area contributed by atoms with Crippen molar-refractivity contribution < 1.29 is 13.9 Å². The molecule has 0 aliphatic carbocycles. The van der Waals surface area contributed by atoms with Crippen LogP contribution in [0.3, 0.4) is 0 Å². The lowest BCUT2D eigenvalue weighted by Crippen LogP contribution is -2.40. The number of ether oxygens (including phenoxy) is 1. The van der Waals surface area contributed by atoms with Gasteiger partial charge in [0, 0.05) is 31.9 Å². The molecule has 0 bridgehead atoms. The predicted octanol–water partition coefficient (Wildman–Crippen LogP) is 3.54. The monoisotopic (exact) mass is 514 g/mol. The van der Waals surface area contributed by atoms with Gasteiger partial charge in [-0.15, -0.1) is 0 Å². The minimum absolute atomic E-state index is 0.253. The molecule has 5 rings (SSSR count). The number of fused-ring (bicyclic) bond motifs is 1. The van der Waals surface area contributed by atoms with Crippen molar-refractivity contribution in [2.24, 2.45) is 4.99 Å². The van der Waals surface area contributed by atoms with Crippen molar-refractivity contribution in [1.29, 1.82) is 0 Å². The van der Waals surface area contributed by atoms with Crippen LogP contribution >= 0.6 is 11.3 Å². The van der Waals surface area contributed by atoms with Crippen LogP contribution in [0.25, 0.3) is 6.08 Å². The Morgan fingerprint density at radius 3 is 2.62 bits per heavy atom. The molecule has 1 N–H and O–H groups in total. The summed E-state index contributed by atoms with van der Waals surface area (Å²) in [4.78, 5) is 34.4. The van der Waals surface area contributed by atoms with E-state index >= 15 is 0 Å². The number of methoxy groups -OCH3 is 1. The molecule has 1 aliphatic rings. The number of thiazole rings is 1.